The Kier molecular flexibility index (Phi) is 6.03. The second kappa shape index (κ2) is 7.09. The standard InChI is InChI=1S/C16H28O4/c1-6-11(2)14(17)20-15(18)19-12(3)13-8-7-9-16(4,5)10-13/h11-13H,6-10H2,1-5H3. The van der Waals surface area contributed by atoms with E-state index in [1.54, 1.807) is 6.92 Å². The molecule has 1 aliphatic carbocycles. The number of hydrogen-bond acceptors (Lipinski definition) is 4. The molecule has 0 heterocycles. The van der Waals surface area contributed by atoms with Crippen molar-refractivity contribution in [3.8, 4) is 0 Å². The first kappa shape index (κ1) is 17.0. The monoisotopic (exact) mass is 284 g/mol. The number of esters is 1. The summed E-state index contributed by atoms with van der Waals surface area (Å²) in [6.07, 6.45) is 4.08. The lowest BCUT2D eigenvalue weighted by atomic mass is 9.71. The number of rotatable bonds is 4. The van der Waals surface area contributed by atoms with Gasteiger partial charge in [0.15, 0.2) is 0 Å². The normalized spacial score (nSPS) is 24.6. The second-order valence-corrected chi connectivity index (χ2v) is 6.82. The lowest BCUT2D eigenvalue weighted by Gasteiger charge is -2.37. The van der Waals surface area contributed by atoms with Gasteiger partial charge in [-0.15, -0.1) is 0 Å². The van der Waals surface area contributed by atoms with Crippen molar-refractivity contribution < 1.29 is 19.1 Å². The summed E-state index contributed by atoms with van der Waals surface area (Å²) in [4.78, 5) is 23.1. The number of hydrogen-bond donors (Lipinski definition) is 0. The van der Waals surface area contributed by atoms with Crippen LogP contribution in [0.4, 0.5) is 4.79 Å². The van der Waals surface area contributed by atoms with Gasteiger partial charge in [0.05, 0.1) is 5.92 Å². The van der Waals surface area contributed by atoms with Crippen LogP contribution in [0, 0.1) is 17.3 Å². The zero-order valence-electron chi connectivity index (χ0n) is 13.4. The maximum Gasteiger partial charge on any atom is 0.516 e. The summed E-state index contributed by atoms with van der Waals surface area (Å²) in [6.45, 7) is 10.0. The van der Waals surface area contributed by atoms with Crippen molar-refractivity contribution in [3.63, 3.8) is 0 Å². The molecule has 0 radical (unpaired) electrons. The third kappa shape index (κ3) is 5.14. The van der Waals surface area contributed by atoms with E-state index in [0.717, 1.165) is 19.3 Å². The van der Waals surface area contributed by atoms with Crippen LogP contribution in [0.5, 0.6) is 0 Å². The molecule has 4 heteroatoms. The van der Waals surface area contributed by atoms with Crippen LogP contribution in [-0.4, -0.2) is 18.2 Å². The first-order valence-electron chi connectivity index (χ1n) is 7.67. The molecule has 1 fully saturated rings. The van der Waals surface area contributed by atoms with Crippen molar-refractivity contribution in [1.82, 2.24) is 0 Å². The van der Waals surface area contributed by atoms with Gasteiger partial charge in [-0.25, -0.2) is 4.79 Å². The van der Waals surface area contributed by atoms with Crippen molar-refractivity contribution in [2.24, 2.45) is 17.3 Å². The molecule has 1 aliphatic rings. The topological polar surface area (TPSA) is 52.6 Å². The third-order valence-corrected chi connectivity index (χ3v) is 4.39. The number of ether oxygens (including phenoxy) is 2. The Labute approximate surface area is 122 Å². The molecule has 20 heavy (non-hydrogen) atoms. The minimum Gasteiger partial charge on any atom is -0.431 e. The average molecular weight is 284 g/mol. The summed E-state index contributed by atoms with van der Waals surface area (Å²) in [5, 5.41) is 0. The summed E-state index contributed by atoms with van der Waals surface area (Å²) in [6, 6.07) is 0. The predicted octanol–water partition coefficient (Wildman–Crippen LogP) is 4.32. The fraction of sp³-hybridized carbons (Fsp3) is 0.875. The molecule has 116 valence electrons. The molecule has 0 aromatic carbocycles. The minimum atomic E-state index is -0.855. The first-order chi connectivity index (χ1) is 9.25. The summed E-state index contributed by atoms with van der Waals surface area (Å²) in [5.74, 6) is -0.426. The fourth-order valence-corrected chi connectivity index (χ4v) is 2.78. The van der Waals surface area contributed by atoms with E-state index in [9.17, 15) is 9.59 Å². The summed E-state index contributed by atoms with van der Waals surface area (Å²) in [5.41, 5.74) is 0.303. The van der Waals surface area contributed by atoms with Gasteiger partial charge in [0.1, 0.15) is 6.10 Å². The molecule has 0 aromatic heterocycles. The molecule has 0 bridgehead atoms. The molecular formula is C16H28O4. The highest BCUT2D eigenvalue weighted by molar-refractivity contribution is 5.83. The smallest absolute Gasteiger partial charge is 0.431 e. The molecule has 3 atom stereocenters. The largest absolute Gasteiger partial charge is 0.516 e. The fourth-order valence-electron chi connectivity index (χ4n) is 2.78. The highest BCUT2D eigenvalue weighted by atomic mass is 16.7. The molecule has 1 rings (SSSR count). The Morgan fingerprint density at radius 1 is 1.30 bits per heavy atom. The minimum absolute atomic E-state index is 0.202. The molecule has 1 saturated carbocycles. The molecule has 0 N–H and O–H groups in total. The SMILES string of the molecule is CCC(C)C(=O)OC(=O)OC(C)C1CCCC(C)(C)C1. The molecule has 4 nitrogen and oxygen atoms in total. The van der Waals surface area contributed by atoms with Crippen LogP contribution in [0.2, 0.25) is 0 Å². The third-order valence-electron chi connectivity index (χ3n) is 4.39. The van der Waals surface area contributed by atoms with E-state index in [4.69, 9.17) is 9.47 Å². The molecular weight excluding hydrogens is 256 g/mol. The number of carbonyl (C=O) groups excluding carboxylic acids is 2. The van der Waals surface area contributed by atoms with E-state index in [-0.39, 0.29) is 12.0 Å². The quantitative estimate of drug-likeness (QED) is 0.570. The Balaban J connectivity index is 2.43. The van der Waals surface area contributed by atoms with Gasteiger partial charge in [-0.1, -0.05) is 34.1 Å². The number of carbonyl (C=O) groups is 2. The highest BCUT2D eigenvalue weighted by Crippen LogP contribution is 2.40. The van der Waals surface area contributed by atoms with Gasteiger partial charge in [-0.05, 0) is 43.9 Å². The van der Waals surface area contributed by atoms with Crippen LogP contribution in [0.3, 0.4) is 0 Å². The molecule has 0 aliphatic heterocycles. The maximum absolute atomic E-state index is 11.6. The zero-order valence-corrected chi connectivity index (χ0v) is 13.4. The van der Waals surface area contributed by atoms with Gasteiger partial charge in [0.2, 0.25) is 0 Å². The van der Waals surface area contributed by atoms with Crippen LogP contribution in [0.25, 0.3) is 0 Å². The Morgan fingerprint density at radius 2 is 1.95 bits per heavy atom. The van der Waals surface area contributed by atoms with Gasteiger partial charge in [-0.2, -0.15) is 0 Å². The van der Waals surface area contributed by atoms with Crippen LogP contribution < -0.4 is 0 Å². The van der Waals surface area contributed by atoms with E-state index < -0.39 is 12.1 Å². The average Bonchev–Trinajstić information content (AvgIpc) is 2.36. The maximum atomic E-state index is 11.6. The summed E-state index contributed by atoms with van der Waals surface area (Å²) < 4.78 is 9.98. The van der Waals surface area contributed by atoms with Gasteiger partial charge in [0, 0.05) is 0 Å². The molecule has 0 amide bonds. The van der Waals surface area contributed by atoms with E-state index in [2.05, 4.69) is 13.8 Å². The van der Waals surface area contributed by atoms with Gasteiger partial charge >= 0.3 is 12.1 Å². The zero-order chi connectivity index (χ0) is 15.3. The van der Waals surface area contributed by atoms with Crippen LogP contribution in [0.15, 0.2) is 0 Å². The van der Waals surface area contributed by atoms with Crippen LogP contribution in [0.1, 0.15) is 66.7 Å². The van der Waals surface area contributed by atoms with E-state index in [1.165, 1.54) is 6.42 Å². The van der Waals surface area contributed by atoms with E-state index in [1.807, 2.05) is 13.8 Å². The van der Waals surface area contributed by atoms with Crippen LogP contribution in [-0.2, 0) is 14.3 Å². The second-order valence-electron chi connectivity index (χ2n) is 6.82. The van der Waals surface area contributed by atoms with E-state index in [0.29, 0.717) is 17.8 Å². The predicted molar refractivity (Wildman–Crippen MR) is 77.2 cm³/mol. The van der Waals surface area contributed by atoms with Gasteiger partial charge < -0.3 is 9.47 Å². The van der Waals surface area contributed by atoms with Crippen molar-refractivity contribution in [2.45, 2.75) is 72.8 Å². The summed E-state index contributed by atoms with van der Waals surface area (Å²) >= 11 is 0. The van der Waals surface area contributed by atoms with Crippen LogP contribution >= 0.6 is 0 Å². The van der Waals surface area contributed by atoms with Gasteiger partial charge in [0.25, 0.3) is 0 Å². The van der Waals surface area contributed by atoms with Crippen molar-refractivity contribution in [1.29, 1.82) is 0 Å². The van der Waals surface area contributed by atoms with Crippen molar-refractivity contribution >= 4 is 12.1 Å². The lowest BCUT2D eigenvalue weighted by Crippen LogP contribution is -2.33. The van der Waals surface area contributed by atoms with Gasteiger partial charge in [-0.3, -0.25) is 4.79 Å². The Hall–Kier alpha value is -1.06. The Morgan fingerprint density at radius 3 is 2.50 bits per heavy atom. The van der Waals surface area contributed by atoms with Crippen molar-refractivity contribution in [3.05, 3.63) is 0 Å². The molecule has 3 unspecified atom stereocenters. The molecule has 0 saturated heterocycles. The first-order valence-corrected chi connectivity index (χ1v) is 7.67. The Bertz CT molecular complexity index is 348. The summed E-state index contributed by atoms with van der Waals surface area (Å²) in [7, 11) is 0. The molecule has 0 aromatic rings. The molecule has 0 spiro atoms. The van der Waals surface area contributed by atoms with E-state index >= 15 is 0 Å². The van der Waals surface area contributed by atoms with Crippen molar-refractivity contribution in [2.75, 3.05) is 0 Å². The highest BCUT2D eigenvalue weighted by Gasteiger charge is 2.33. The lowest BCUT2D eigenvalue weighted by molar-refractivity contribution is -0.145.